The maximum atomic E-state index is 7.79. The molecule has 3 N–H and O–H groups in total. The van der Waals surface area contributed by atoms with Gasteiger partial charge in [0, 0.05) is 9.24 Å². The van der Waals surface area contributed by atoms with Gasteiger partial charge in [-0.1, -0.05) is 0 Å². The van der Waals surface area contributed by atoms with E-state index in [1.807, 2.05) is 6.07 Å². The van der Waals surface area contributed by atoms with Gasteiger partial charge in [-0.15, -0.1) is 0 Å². The topological polar surface area (TPSA) is 47.3 Å². The number of nitrogen functional groups attached to an aromatic ring is 1. The van der Waals surface area contributed by atoms with Crippen LogP contribution in [0.1, 0.15) is 13.9 Å². The van der Waals surface area contributed by atoms with Gasteiger partial charge in [0.05, 0.1) is 12.8 Å². The average Bonchev–Trinajstić information content (AvgIpc) is 2.18. The summed E-state index contributed by atoms with van der Waals surface area (Å²) in [6.45, 7) is -0.860. The van der Waals surface area contributed by atoms with Crippen molar-refractivity contribution in [3.05, 3.63) is 23.3 Å². The van der Waals surface area contributed by atoms with Crippen LogP contribution < -0.4 is 15.8 Å². The number of hydrogen-bond donors (Lipinski definition) is 2. The van der Waals surface area contributed by atoms with Crippen LogP contribution >= 0.6 is 0 Å². The molecule has 3 heteroatoms. The highest BCUT2D eigenvalue weighted by Crippen LogP contribution is 2.27. The first-order valence-electron chi connectivity index (χ1n) is 5.26. The molecule has 0 atom stereocenters. The van der Waals surface area contributed by atoms with Gasteiger partial charge in [0.1, 0.15) is 5.75 Å². The lowest BCUT2D eigenvalue weighted by atomic mass is 10.00. The van der Waals surface area contributed by atoms with Gasteiger partial charge >= 0.3 is 0 Å². The Hall–Kier alpha value is -1.22. The number of anilines is 1. The number of ether oxygens (including phenoxy) is 1. The summed E-state index contributed by atoms with van der Waals surface area (Å²) in [5.41, 5.74) is 7.81. The van der Waals surface area contributed by atoms with E-state index in [-0.39, 0.29) is 0 Å². The maximum absolute atomic E-state index is 7.79. The molecule has 0 unspecified atom stereocenters. The number of benzene rings is 1. The first-order chi connectivity index (χ1) is 7.04. The molecule has 70 valence electrons. The highest BCUT2D eigenvalue weighted by Gasteiger charge is 2.11. The third kappa shape index (κ3) is 1.47. The van der Waals surface area contributed by atoms with E-state index in [0.717, 1.165) is 12.0 Å². The van der Waals surface area contributed by atoms with E-state index in [2.05, 4.69) is 5.32 Å². The minimum atomic E-state index is -1.49. The summed E-state index contributed by atoms with van der Waals surface area (Å²) in [4.78, 5) is 0. The van der Waals surface area contributed by atoms with E-state index in [9.17, 15) is 0 Å². The SMILES string of the molecule is [2H]C1([2H])NCCc2cc(OC)c(N)cc21. The lowest BCUT2D eigenvalue weighted by Crippen LogP contribution is -2.23. The molecule has 0 aliphatic carbocycles. The predicted octanol–water partition coefficient (Wildman–Crippen LogP) is 0.923. The number of fused-ring (bicyclic) bond motifs is 1. The van der Waals surface area contributed by atoms with Gasteiger partial charge in [0.15, 0.2) is 0 Å². The fourth-order valence-electron chi connectivity index (χ4n) is 1.49. The van der Waals surface area contributed by atoms with Gasteiger partial charge in [-0.3, -0.25) is 0 Å². The Kier molecular flexibility index (Phi) is 1.57. The zero-order valence-electron chi connectivity index (χ0n) is 9.55. The molecule has 1 aliphatic heterocycles. The summed E-state index contributed by atoms with van der Waals surface area (Å²) in [5, 5.41) is 2.82. The van der Waals surface area contributed by atoms with Gasteiger partial charge in [-0.25, -0.2) is 0 Å². The minimum Gasteiger partial charge on any atom is -0.495 e. The van der Waals surface area contributed by atoms with Crippen molar-refractivity contribution in [3.63, 3.8) is 0 Å². The van der Waals surface area contributed by atoms with Crippen LogP contribution in [0.2, 0.25) is 0 Å². The number of nitrogens with two attached hydrogens (primary N) is 1. The van der Waals surface area contributed by atoms with E-state index in [0.29, 0.717) is 23.5 Å². The van der Waals surface area contributed by atoms with Crippen molar-refractivity contribution in [3.8, 4) is 5.75 Å². The van der Waals surface area contributed by atoms with Crippen LogP contribution in [-0.2, 0) is 12.9 Å². The molecule has 0 bridgehead atoms. The van der Waals surface area contributed by atoms with Crippen molar-refractivity contribution in [2.24, 2.45) is 0 Å². The standard InChI is InChI=1S/C10H14N2O/c1-13-10-5-7-2-3-12-6-8(7)4-9(10)11/h4-5,12H,2-3,6,11H2,1H3/i6D2. The van der Waals surface area contributed by atoms with E-state index in [1.54, 1.807) is 13.2 Å². The van der Waals surface area contributed by atoms with Crippen LogP contribution in [0.5, 0.6) is 5.75 Å². The summed E-state index contributed by atoms with van der Waals surface area (Å²) >= 11 is 0. The van der Waals surface area contributed by atoms with Crippen molar-refractivity contribution in [2.45, 2.75) is 12.9 Å². The largest absolute Gasteiger partial charge is 0.495 e. The highest BCUT2D eigenvalue weighted by atomic mass is 16.5. The highest BCUT2D eigenvalue weighted by molar-refractivity contribution is 5.57. The number of hydrogen-bond acceptors (Lipinski definition) is 3. The second kappa shape index (κ2) is 3.26. The summed E-state index contributed by atoms with van der Waals surface area (Å²) < 4.78 is 20.7. The molecule has 1 aliphatic rings. The van der Waals surface area contributed by atoms with Crippen LogP contribution in [-0.4, -0.2) is 13.7 Å². The van der Waals surface area contributed by atoms with Crippen LogP contribution in [0.15, 0.2) is 12.1 Å². The van der Waals surface area contributed by atoms with Gasteiger partial charge < -0.3 is 15.8 Å². The van der Waals surface area contributed by atoms with E-state index in [4.69, 9.17) is 13.2 Å². The van der Waals surface area contributed by atoms with Gasteiger partial charge in [-0.05, 0) is 36.2 Å². The molecule has 2 rings (SSSR count). The van der Waals surface area contributed by atoms with E-state index in [1.165, 1.54) is 0 Å². The average molecular weight is 180 g/mol. The second-order valence-corrected chi connectivity index (χ2v) is 3.05. The molecule has 0 saturated carbocycles. The molecule has 1 heterocycles. The summed E-state index contributed by atoms with van der Waals surface area (Å²) in [7, 11) is 1.56. The second-order valence-electron chi connectivity index (χ2n) is 3.05. The summed E-state index contributed by atoms with van der Waals surface area (Å²) in [6.07, 6.45) is 0.797. The Bertz CT molecular complexity index is 393. The zero-order chi connectivity index (χ0) is 11.1. The van der Waals surface area contributed by atoms with Crippen LogP contribution in [0, 0.1) is 0 Å². The van der Waals surface area contributed by atoms with Gasteiger partial charge in [-0.2, -0.15) is 0 Å². The molecule has 13 heavy (non-hydrogen) atoms. The minimum absolute atomic E-state index is 0.476. The molecule has 0 fully saturated rings. The summed E-state index contributed by atoms with van der Waals surface area (Å²) in [6, 6.07) is 3.48. The molecule has 0 aromatic heterocycles. The lowest BCUT2D eigenvalue weighted by Gasteiger charge is -2.18. The van der Waals surface area contributed by atoms with Crippen LogP contribution in [0.25, 0.3) is 0 Å². The van der Waals surface area contributed by atoms with Crippen molar-refractivity contribution < 1.29 is 7.48 Å². The molecular weight excluding hydrogens is 164 g/mol. The first-order valence-corrected chi connectivity index (χ1v) is 4.26. The number of nitrogens with one attached hydrogen (secondary N) is 1. The fourth-order valence-corrected chi connectivity index (χ4v) is 1.49. The molecule has 0 radical (unpaired) electrons. The smallest absolute Gasteiger partial charge is 0.142 e. The van der Waals surface area contributed by atoms with Crippen molar-refractivity contribution in [1.82, 2.24) is 5.32 Å². The molecule has 3 nitrogen and oxygen atoms in total. The summed E-state index contributed by atoms with van der Waals surface area (Å²) in [5.74, 6) is 0.617. The van der Waals surface area contributed by atoms with E-state index < -0.39 is 6.50 Å². The Morgan fingerprint density at radius 1 is 1.54 bits per heavy atom. The van der Waals surface area contributed by atoms with Gasteiger partial charge in [0.25, 0.3) is 0 Å². The third-order valence-electron chi connectivity index (χ3n) is 2.20. The molecule has 1 aromatic rings. The Morgan fingerprint density at radius 2 is 2.38 bits per heavy atom. The monoisotopic (exact) mass is 180 g/mol. The quantitative estimate of drug-likeness (QED) is 0.632. The molecule has 0 amide bonds. The molecule has 0 saturated heterocycles. The molecular formula is C10H14N2O. The number of methoxy groups -OCH3 is 1. The predicted molar refractivity (Wildman–Crippen MR) is 52.8 cm³/mol. The van der Waals surface area contributed by atoms with Crippen LogP contribution in [0.4, 0.5) is 5.69 Å². The molecule has 0 spiro atoms. The fraction of sp³-hybridized carbons (Fsp3) is 0.400. The zero-order valence-corrected chi connectivity index (χ0v) is 7.55. The lowest BCUT2D eigenvalue weighted by molar-refractivity contribution is 0.415. The normalized spacial score (nSPS) is 21.3. The van der Waals surface area contributed by atoms with Crippen molar-refractivity contribution in [1.29, 1.82) is 0 Å². The maximum Gasteiger partial charge on any atom is 0.142 e. The molecule has 1 aromatic carbocycles. The van der Waals surface area contributed by atoms with E-state index >= 15 is 0 Å². The Labute approximate surface area is 80.7 Å². The first kappa shape index (κ1) is 6.27. The van der Waals surface area contributed by atoms with Crippen molar-refractivity contribution >= 4 is 5.69 Å². The van der Waals surface area contributed by atoms with Gasteiger partial charge in [0.2, 0.25) is 0 Å². The number of rotatable bonds is 1. The third-order valence-corrected chi connectivity index (χ3v) is 2.20. The Balaban J connectivity index is 2.55. The van der Waals surface area contributed by atoms with Crippen LogP contribution in [0.3, 0.4) is 0 Å². The van der Waals surface area contributed by atoms with Crippen molar-refractivity contribution in [2.75, 3.05) is 19.4 Å². The Morgan fingerprint density at radius 3 is 3.15 bits per heavy atom.